The maximum atomic E-state index is 14.0. The Morgan fingerprint density at radius 1 is 1.50 bits per heavy atom. The van der Waals surface area contributed by atoms with Crippen molar-refractivity contribution in [2.45, 2.75) is 32.7 Å². The summed E-state index contributed by atoms with van der Waals surface area (Å²) in [5.41, 5.74) is 3.89. The van der Waals surface area contributed by atoms with Gasteiger partial charge in [0.2, 0.25) is 0 Å². The maximum absolute atomic E-state index is 14.0. The summed E-state index contributed by atoms with van der Waals surface area (Å²) in [6.45, 7) is 4.78. The Balaban J connectivity index is 3.49. The second-order valence-corrected chi connectivity index (χ2v) is 5.79. The number of rotatable bonds is 4. The van der Waals surface area contributed by atoms with Crippen molar-refractivity contribution < 1.29 is 14.3 Å². The molecule has 3 nitrogen and oxygen atoms in total. The predicted molar refractivity (Wildman–Crippen MR) is 71.7 cm³/mol. The molecule has 0 fully saturated rings. The highest BCUT2D eigenvalue weighted by Gasteiger charge is 2.48. The fourth-order valence-corrected chi connectivity index (χ4v) is 2.36. The molecule has 1 atom stereocenters. The smallest absolute Gasteiger partial charge is 0.311 e. The molecule has 0 radical (unpaired) electrons. The van der Waals surface area contributed by atoms with Crippen LogP contribution in [0.5, 0.6) is 0 Å². The molecular formula is C13H17BrFNO2. The van der Waals surface area contributed by atoms with Crippen molar-refractivity contribution in [2.24, 2.45) is 11.1 Å². The molecule has 0 bridgehead atoms. The van der Waals surface area contributed by atoms with E-state index in [1.807, 2.05) is 0 Å². The minimum absolute atomic E-state index is 0.215. The van der Waals surface area contributed by atoms with E-state index in [9.17, 15) is 14.3 Å². The van der Waals surface area contributed by atoms with Crippen LogP contribution in [0.2, 0.25) is 0 Å². The monoisotopic (exact) mass is 317 g/mol. The second-order valence-electron chi connectivity index (χ2n) is 4.88. The van der Waals surface area contributed by atoms with Gasteiger partial charge in [-0.15, -0.1) is 0 Å². The van der Waals surface area contributed by atoms with E-state index in [4.69, 9.17) is 5.73 Å². The molecule has 0 heterocycles. The third-order valence-corrected chi connectivity index (χ3v) is 4.11. The van der Waals surface area contributed by atoms with E-state index in [1.165, 1.54) is 19.9 Å². The first kappa shape index (κ1) is 15.1. The molecule has 0 aliphatic heterocycles. The number of carbonyl (C=O) groups is 1. The van der Waals surface area contributed by atoms with Gasteiger partial charge in [-0.3, -0.25) is 4.79 Å². The van der Waals surface area contributed by atoms with Gasteiger partial charge in [-0.2, -0.15) is 0 Å². The molecule has 100 valence electrons. The lowest BCUT2D eigenvalue weighted by molar-refractivity contribution is -0.151. The fourth-order valence-electron chi connectivity index (χ4n) is 2.00. The van der Waals surface area contributed by atoms with Crippen LogP contribution in [-0.4, -0.2) is 11.1 Å². The predicted octanol–water partition coefficient (Wildman–Crippen LogP) is 3.26. The first-order valence-electron chi connectivity index (χ1n) is 5.64. The summed E-state index contributed by atoms with van der Waals surface area (Å²) in [6, 6.07) is 4.39. The van der Waals surface area contributed by atoms with E-state index < -0.39 is 22.7 Å². The van der Waals surface area contributed by atoms with Crippen LogP contribution in [0, 0.1) is 11.2 Å². The topological polar surface area (TPSA) is 63.3 Å². The number of hydrogen-bond acceptors (Lipinski definition) is 2. The van der Waals surface area contributed by atoms with Crippen LogP contribution in [0.1, 0.15) is 32.8 Å². The number of benzene rings is 1. The molecule has 18 heavy (non-hydrogen) atoms. The molecular weight excluding hydrogens is 301 g/mol. The fraction of sp³-hybridized carbons (Fsp3) is 0.462. The minimum Gasteiger partial charge on any atom is -0.481 e. The van der Waals surface area contributed by atoms with Gasteiger partial charge >= 0.3 is 5.97 Å². The van der Waals surface area contributed by atoms with Crippen molar-refractivity contribution in [2.75, 3.05) is 0 Å². The Morgan fingerprint density at radius 2 is 2.06 bits per heavy atom. The number of halogens is 2. The van der Waals surface area contributed by atoms with Crippen LogP contribution in [0.4, 0.5) is 4.39 Å². The van der Waals surface area contributed by atoms with Gasteiger partial charge in [0.05, 0.1) is 11.0 Å². The molecule has 3 N–H and O–H groups in total. The molecule has 0 amide bonds. The lowest BCUT2D eigenvalue weighted by Crippen LogP contribution is -2.54. The highest BCUT2D eigenvalue weighted by molar-refractivity contribution is 9.10. The normalized spacial score (nSPS) is 15.2. The summed E-state index contributed by atoms with van der Waals surface area (Å²) in [4.78, 5) is 11.4. The first-order valence-corrected chi connectivity index (χ1v) is 6.44. The molecule has 0 aliphatic carbocycles. The summed E-state index contributed by atoms with van der Waals surface area (Å²) in [5, 5.41) is 9.32. The van der Waals surface area contributed by atoms with Gasteiger partial charge in [0.25, 0.3) is 0 Å². The SMILES string of the molecule is CCC(N)(c1cc(Br)ccc1F)C(C)(C)C(=O)O. The highest BCUT2D eigenvalue weighted by Crippen LogP contribution is 2.42. The van der Waals surface area contributed by atoms with Gasteiger partial charge in [0.15, 0.2) is 0 Å². The maximum Gasteiger partial charge on any atom is 0.311 e. The Labute approximate surface area is 114 Å². The Hall–Kier alpha value is -0.940. The first-order chi connectivity index (χ1) is 8.16. The minimum atomic E-state index is -1.27. The molecule has 1 aromatic carbocycles. The van der Waals surface area contributed by atoms with Crippen LogP contribution in [0.25, 0.3) is 0 Å². The number of carboxylic acids is 1. The van der Waals surface area contributed by atoms with E-state index in [-0.39, 0.29) is 5.56 Å². The number of carboxylic acid groups (broad SMARTS) is 1. The van der Waals surface area contributed by atoms with Crippen LogP contribution >= 0.6 is 15.9 Å². The van der Waals surface area contributed by atoms with Crippen molar-refractivity contribution in [1.29, 1.82) is 0 Å². The largest absolute Gasteiger partial charge is 0.481 e. The summed E-state index contributed by atoms with van der Waals surface area (Å²) >= 11 is 3.25. The molecule has 1 rings (SSSR count). The molecule has 0 saturated carbocycles. The van der Waals surface area contributed by atoms with E-state index in [1.54, 1.807) is 19.1 Å². The number of nitrogens with two attached hydrogens (primary N) is 1. The second kappa shape index (κ2) is 4.97. The Bertz CT molecular complexity index is 476. The summed E-state index contributed by atoms with van der Waals surface area (Å²) < 4.78 is 14.6. The third-order valence-electron chi connectivity index (χ3n) is 3.62. The van der Waals surface area contributed by atoms with Gasteiger partial charge in [0, 0.05) is 10.0 Å². The van der Waals surface area contributed by atoms with Crippen molar-refractivity contribution in [3.8, 4) is 0 Å². The average Bonchev–Trinajstić information content (AvgIpc) is 2.30. The van der Waals surface area contributed by atoms with E-state index in [2.05, 4.69) is 15.9 Å². The molecule has 5 heteroatoms. The van der Waals surface area contributed by atoms with Crippen LogP contribution in [-0.2, 0) is 10.3 Å². The van der Waals surface area contributed by atoms with E-state index in [0.29, 0.717) is 10.9 Å². The Kier molecular flexibility index (Phi) is 4.18. The molecule has 0 saturated heterocycles. The van der Waals surface area contributed by atoms with Gasteiger partial charge in [-0.1, -0.05) is 22.9 Å². The standard InChI is InChI=1S/C13H17BrFNO2/c1-4-13(16,12(2,3)11(17)18)9-7-8(14)5-6-10(9)15/h5-7H,4,16H2,1-3H3,(H,17,18). The zero-order chi connectivity index (χ0) is 14.1. The van der Waals surface area contributed by atoms with Gasteiger partial charge in [0.1, 0.15) is 5.82 Å². The third kappa shape index (κ3) is 2.29. The van der Waals surface area contributed by atoms with Gasteiger partial charge in [-0.25, -0.2) is 4.39 Å². The van der Waals surface area contributed by atoms with E-state index >= 15 is 0 Å². The zero-order valence-electron chi connectivity index (χ0n) is 10.6. The van der Waals surface area contributed by atoms with Crippen molar-refractivity contribution in [1.82, 2.24) is 0 Å². The number of aliphatic carboxylic acids is 1. The molecule has 0 aliphatic rings. The molecule has 1 aromatic rings. The quantitative estimate of drug-likeness (QED) is 0.895. The van der Waals surface area contributed by atoms with Crippen LogP contribution in [0.15, 0.2) is 22.7 Å². The lowest BCUT2D eigenvalue weighted by atomic mass is 9.67. The average molecular weight is 318 g/mol. The summed E-state index contributed by atoms with van der Waals surface area (Å²) in [7, 11) is 0. The van der Waals surface area contributed by atoms with Crippen LogP contribution in [0.3, 0.4) is 0 Å². The number of hydrogen-bond donors (Lipinski definition) is 2. The molecule has 0 spiro atoms. The van der Waals surface area contributed by atoms with Gasteiger partial charge in [-0.05, 0) is 38.5 Å². The molecule has 0 aromatic heterocycles. The summed E-state index contributed by atoms with van der Waals surface area (Å²) in [6.07, 6.45) is 0.319. The van der Waals surface area contributed by atoms with Crippen molar-refractivity contribution >= 4 is 21.9 Å². The van der Waals surface area contributed by atoms with Gasteiger partial charge < -0.3 is 10.8 Å². The highest BCUT2D eigenvalue weighted by atomic mass is 79.9. The van der Waals surface area contributed by atoms with Crippen molar-refractivity contribution in [3.63, 3.8) is 0 Å². The summed E-state index contributed by atoms with van der Waals surface area (Å²) in [5.74, 6) is -1.54. The van der Waals surface area contributed by atoms with Crippen molar-refractivity contribution in [3.05, 3.63) is 34.1 Å². The van der Waals surface area contributed by atoms with E-state index in [0.717, 1.165) is 0 Å². The lowest BCUT2D eigenvalue weighted by Gasteiger charge is -2.41. The zero-order valence-corrected chi connectivity index (χ0v) is 12.2. The Morgan fingerprint density at radius 3 is 2.50 bits per heavy atom. The van der Waals surface area contributed by atoms with Crippen LogP contribution < -0.4 is 5.73 Å². The molecule has 1 unspecified atom stereocenters.